The zero-order valence-corrected chi connectivity index (χ0v) is 15.7. The topological polar surface area (TPSA) is 70.6 Å². The lowest BCUT2D eigenvalue weighted by molar-refractivity contribution is -0.111. The summed E-state index contributed by atoms with van der Waals surface area (Å²) in [5.74, 6) is -0.604. The van der Waals surface area contributed by atoms with Gasteiger partial charge in [0, 0.05) is 38.8 Å². The Morgan fingerprint density at radius 3 is 2.75 bits per heavy atom. The van der Waals surface area contributed by atoms with Crippen LogP contribution in [0.2, 0.25) is 0 Å². The second-order valence-electron chi connectivity index (χ2n) is 6.39. The van der Waals surface area contributed by atoms with E-state index in [9.17, 15) is 13.6 Å². The summed E-state index contributed by atoms with van der Waals surface area (Å²) in [7, 11) is 3.61. The van der Waals surface area contributed by atoms with E-state index in [1.54, 1.807) is 19.0 Å². The lowest BCUT2D eigenvalue weighted by Gasteiger charge is -2.28. The first kappa shape index (κ1) is 19.7. The van der Waals surface area contributed by atoms with E-state index in [0.717, 1.165) is 24.3 Å². The number of carbonyl (C=O) groups excluding carboxylic acids is 1. The van der Waals surface area contributed by atoms with E-state index in [4.69, 9.17) is 4.74 Å². The number of carbonyl (C=O) groups is 1. The number of anilines is 3. The van der Waals surface area contributed by atoms with Gasteiger partial charge in [-0.2, -0.15) is 4.98 Å². The van der Waals surface area contributed by atoms with Crippen LogP contribution in [-0.4, -0.2) is 56.3 Å². The Balaban J connectivity index is 1.76. The van der Waals surface area contributed by atoms with E-state index in [-0.39, 0.29) is 5.56 Å². The number of rotatable bonds is 5. The number of halogens is 2. The van der Waals surface area contributed by atoms with Crippen molar-refractivity contribution in [3.8, 4) is 0 Å². The van der Waals surface area contributed by atoms with Crippen LogP contribution in [0.1, 0.15) is 5.56 Å². The lowest BCUT2D eigenvalue weighted by Crippen LogP contribution is -2.37. The third-order valence-corrected chi connectivity index (χ3v) is 4.10. The van der Waals surface area contributed by atoms with Gasteiger partial charge in [0.05, 0.1) is 19.4 Å². The molecule has 1 aliphatic rings. The van der Waals surface area contributed by atoms with Gasteiger partial charge in [-0.1, -0.05) is 0 Å². The summed E-state index contributed by atoms with van der Waals surface area (Å²) >= 11 is 0. The SMILES string of the molecule is CN(C)c1nc(N2CCOCC2)ncc1NC(=O)/C=C/c1cc(F)ccc1F. The van der Waals surface area contributed by atoms with Gasteiger partial charge in [0.1, 0.15) is 17.3 Å². The molecule has 0 unspecified atom stereocenters. The van der Waals surface area contributed by atoms with Gasteiger partial charge in [0.15, 0.2) is 5.82 Å². The van der Waals surface area contributed by atoms with Crippen LogP contribution in [-0.2, 0) is 9.53 Å². The standard InChI is InChI=1S/C19H21F2N5O2/c1-25(2)18-16(12-22-19(24-18)26-7-9-28-10-8-26)23-17(27)6-3-13-11-14(20)4-5-15(13)21/h3-6,11-12H,7-10H2,1-2H3,(H,23,27)/b6-3+. The first-order valence-corrected chi connectivity index (χ1v) is 8.75. The average molecular weight is 389 g/mol. The molecule has 9 heteroatoms. The minimum atomic E-state index is -0.613. The second kappa shape index (κ2) is 8.75. The molecule has 3 rings (SSSR count). The summed E-state index contributed by atoms with van der Waals surface area (Å²) < 4.78 is 32.2. The van der Waals surface area contributed by atoms with Crippen LogP contribution < -0.4 is 15.1 Å². The van der Waals surface area contributed by atoms with Gasteiger partial charge < -0.3 is 19.9 Å². The van der Waals surface area contributed by atoms with Crippen molar-refractivity contribution >= 4 is 29.4 Å². The maximum atomic E-state index is 13.6. The third-order valence-electron chi connectivity index (χ3n) is 4.10. The Hall–Kier alpha value is -3.07. The largest absolute Gasteiger partial charge is 0.378 e. The fourth-order valence-corrected chi connectivity index (χ4v) is 2.69. The van der Waals surface area contributed by atoms with Crippen molar-refractivity contribution in [1.29, 1.82) is 0 Å². The van der Waals surface area contributed by atoms with Crippen LogP contribution in [0, 0.1) is 11.6 Å². The molecular formula is C19H21F2N5O2. The smallest absolute Gasteiger partial charge is 0.248 e. The van der Waals surface area contributed by atoms with E-state index in [2.05, 4.69) is 15.3 Å². The zero-order chi connectivity index (χ0) is 20.1. The molecule has 2 heterocycles. The van der Waals surface area contributed by atoms with Crippen LogP contribution in [0.15, 0.2) is 30.5 Å². The number of hydrogen-bond acceptors (Lipinski definition) is 6. The molecule has 0 radical (unpaired) electrons. The summed E-state index contributed by atoms with van der Waals surface area (Å²) in [5.41, 5.74) is 0.401. The van der Waals surface area contributed by atoms with Crippen molar-refractivity contribution in [2.75, 3.05) is 55.5 Å². The maximum absolute atomic E-state index is 13.6. The Morgan fingerprint density at radius 2 is 2.04 bits per heavy atom. The van der Waals surface area contributed by atoms with Crippen molar-refractivity contribution in [1.82, 2.24) is 9.97 Å². The maximum Gasteiger partial charge on any atom is 0.248 e. The zero-order valence-electron chi connectivity index (χ0n) is 15.7. The monoisotopic (exact) mass is 389 g/mol. The van der Waals surface area contributed by atoms with E-state index in [0.29, 0.717) is 43.8 Å². The summed E-state index contributed by atoms with van der Waals surface area (Å²) in [5, 5.41) is 2.67. The van der Waals surface area contributed by atoms with Crippen molar-refractivity contribution in [3.63, 3.8) is 0 Å². The predicted octanol–water partition coefficient (Wildman–Crippen LogP) is 2.31. The number of amides is 1. The van der Waals surface area contributed by atoms with Crippen LogP contribution in [0.3, 0.4) is 0 Å². The van der Waals surface area contributed by atoms with E-state index in [1.807, 2.05) is 4.90 Å². The third kappa shape index (κ3) is 4.80. The van der Waals surface area contributed by atoms with Crippen LogP contribution in [0.25, 0.3) is 6.08 Å². The molecule has 1 N–H and O–H groups in total. The normalized spacial score (nSPS) is 14.4. The molecule has 1 fully saturated rings. The summed E-state index contributed by atoms with van der Waals surface area (Å²) in [6.07, 6.45) is 3.88. The fraction of sp³-hybridized carbons (Fsp3) is 0.316. The predicted molar refractivity (Wildman–Crippen MR) is 103 cm³/mol. The van der Waals surface area contributed by atoms with E-state index >= 15 is 0 Å². The van der Waals surface area contributed by atoms with Gasteiger partial charge >= 0.3 is 0 Å². The molecule has 1 amide bonds. The molecule has 0 atom stereocenters. The van der Waals surface area contributed by atoms with Crippen LogP contribution in [0.4, 0.5) is 26.2 Å². The van der Waals surface area contributed by atoms with Crippen LogP contribution in [0.5, 0.6) is 0 Å². The molecule has 28 heavy (non-hydrogen) atoms. The highest BCUT2D eigenvalue weighted by Crippen LogP contribution is 2.24. The first-order valence-electron chi connectivity index (χ1n) is 8.75. The molecule has 0 aliphatic carbocycles. The van der Waals surface area contributed by atoms with Gasteiger partial charge in [0.25, 0.3) is 0 Å². The first-order chi connectivity index (χ1) is 13.4. The molecule has 148 valence electrons. The lowest BCUT2D eigenvalue weighted by atomic mass is 10.2. The Labute approximate surface area is 161 Å². The summed E-state index contributed by atoms with van der Waals surface area (Å²) in [4.78, 5) is 24.9. The van der Waals surface area contributed by atoms with Crippen molar-refractivity contribution < 1.29 is 18.3 Å². The molecule has 2 aromatic rings. The van der Waals surface area contributed by atoms with Crippen molar-refractivity contribution in [3.05, 3.63) is 47.7 Å². The number of hydrogen-bond donors (Lipinski definition) is 1. The van der Waals surface area contributed by atoms with Crippen molar-refractivity contribution in [2.24, 2.45) is 0 Å². The Bertz CT molecular complexity index is 883. The van der Waals surface area contributed by atoms with Gasteiger partial charge in [-0.15, -0.1) is 0 Å². The van der Waals surface area contributed by atoms with Crippen LogP contribution >= 0.6 is 0 Å². The minimum Gasteiger partial charge on any atom is -0.378 e. The second-order valence-corrected chi connectivity index (χ2v) is 6.39. The quantitative estimate of drug-likeness (QED) is 0.792. The summed E-state index contributed by atoms with van der Waals surface area (Å²) in [6, 6.07) is 3.04. The number of benzene rings is 1. The van der Waals surface area contributed by atoms with Crippen molar-refractivity contribution in [2.45, 2.75) is 0 Å². The summed E-state index contributed by atoms with van der Waals surface area (Å²) in [6.45, 7) is 2.61. The number of nitrogens with zero attached hydrogens (tertiary/aromatic N) is 4. The molecule has 0 spiro atoms. The molecule has 1 saturated heterocycles. The molecule has 7 nitrogen and oxygen atoms in total. The Morgan fingerprint density at radius 1 is 1.29 bits per heavy atom. The molecule has 1 aromatic carbocycles. The molecule has 1 aliphatic heterocycles. The highest BCUT2D eigenvalue weighted by atomic mass is 19.1. The number of ether oxygens (including phenoxy) is 1. The molecular weight excluding hydrogens is 368 g/mol. The number of nitrogens with one attached hydrogen (secondary N) is 1. The fourth-order valence-electron chi connectivity index (χ4n) is 2.69. The molecule has 1 aromatic heterocycles. The number of aromatic nitrogens is 2. The number of morpholine rings is 1. The van der Waals surface area contributed by atoms with Gasteiger partial charge in [-0.25, -0.2) is 13.8 Å². The molecule has 0 bridgehead atoms. The highest BCUT2D eigenvalue weighted by Gasteiger charge is 2.17. The van der Waals surface area contributed by atoms with Gasteiger partial charge in [-0.3, -0.25) is 4.79 Å². The Kier molecular flexibility index (Phi) is 6.15. The van der Waals surface area contributed by atoms with Gasteiger partial charge in [0.2, 0.25) is 11.9 Å². The van der Waals surface area contributed by atoms with E-state index < -0.39 is 17.5 Å². The average Bonchev–Trinajstić information content (AvgIpc) is 2.69. The van der Waals surface area contributed by atoms with Gasteiger partial charge in [-0.05, 0) is 24.3 Å². The highest BCUT2D eigenvalue weighted by molar-refractivity contribution is 6.03. The minimum absolute atomic E-state index is 0.0121. The van der Waals surface area contributed by atoms with E-state index in [1.165, 1.54) is 12.3 Å². The molecule has 0 saturated carbocycles.